The zero-order valence-electron chi connectivity index (χ0n) is 13.4. The van der Waals surface area contributed by atoms with Crippen molar-refractivity contribution >= 4 is 21.0 Å². The molecule has 0 rings (SSSR count). The summed E-state index contributed by atoms with van der Waals surface area (Å²) in [6, 6.07) is 0. The molecule has 0 atom stereocenters. The molecular formula is C10H24F10O7S2. The van der Waals surface area contributed by atoms with Crippen LogP contribution in [0.15, 0.2) is 0 Å². The molecule has 0 fully saturated rings. The van der Waals surface area contributed by atoms with Crippen LogP contribution in [0.4, 0.5) is 42.9 Å². The molecule has 0 saturated heterocycles. The van der Waals surface area contributed by atoms with Crippen LogP contribution in [0.25, 0.3) is 0 Å². The maximum atomic E-state index is 12.3. The standard InChI is InChI=1S/C5H6F6O.C2H5F.CH3F.2CH4.2FHO3S/c6-1-4(9,2-7)12-5(10,11)3-8;1-2-3;1-2;;;2*1-5(2,3)4/h1-3H2;2H2,1H3;1H3;2*1H4;2*(H,2,3,4). The lowest BCUT2D eigenvalue weighted by atomic mass is 10.4. The lowest BCUT2D eigenvalue weighted by molar-refractivity contribution is -0.340. The van der Waals surface area contributed by atoms with Gasteiger partial charge in [0.1, 0.15) is 0 Å². The van der Waals surface area contributed by atoms with E-state index in [-0.39, 0.29) is 21.5 Å². The zero-order chi connectivity index (χ0) is 23.5. The molecule has 19 heteroatoms. The molecule has 188 valence electrons. The first-order valence-corrected chi connectivity index (χ1v) is 8.21. The summed E-state index contributed by atoms with van der Waals surface area (Å²) in [5.74, 6) is -3.75. The molecule has 0 spiro atoms. The number of rotatable bonds is 5. The van der Waals surface area contributed by atoms with Gasteiger partial charge in [-0.3, -0.25) is 22.6 Å². The monoisotopic (exact) mass is 510 g/mol. The van der Waals surface area contributed by atoms with Crippen LogP contribution < -0.4 is 0 Å². The fourth-order valence-electron chi connectivity index (χ4n) is 0.385. The second-order valence-corrected chi connectivity index (χ2v) is 4.76. The molecule has 0 saturated carbocycles. The first kappa shape index (κ1) is 46.3. The predicted octanol–water partition coefficient (Wildman–Crippen LogP) is 4.52. The Balaban J connectivity index is -0.0000000482. The number of halogens is 10. The van der Waals surface area contributed by atoms with E-state index in [9.17, 15) is 42.9 Å². The highest BCUT2D eigenvalue weighted by Crippen LogP contribution is 2.26. The van der Waals surface area contributed by atoms with Gasteiger partial charge in [0.25, 0.3) is 5.85 Å². The Hall–Kier alpha value is -0.920. The summed E-state index contributed by atoms with van der Waals surface area (Å²) >= 11 is 0. The van der Waals surface area contributed by atoms with Crippen molar-refractivity contribution in [3.63, 3.8) is 0 Å². The van der Waals surface area contributed by atoms with Crippen LogP contribution in [0.3, 0.4) is 0 Å². The topological polar surface area (TPSA) is 118 Å². The molecule has 0 aliphatic carbocycles. The normalized spacial score (nSPS) is 10.4. The number of hydrogen-bond acceptors (Lipinski definition) is 5. The van der Waals surface area contributed by atoms with Crippen LogP contribution in [-0.4, -0.2) is 71.8 Å². The third-order valence-electron chi connectivity index (χ3n) is 0.887. The zero-order valence-corrected chi connectivity index (χ0v) is 15.0. The molecule has 0 aromatic rings. The van der Waals surface area contributed by atoms with E-state index in [4.69, 9.17) is 25.9 Å². The highest BCUT2D eigenvalue weighted by molar-refractivity contribution is 7.80. The maximum absolute atomic E-state index is 12.3. The second kappa shape index (κ2) is 23.4. The van der Waals surface area contributed by atoms with Gasteiger partial charge in [-0.25, -0.2) is 17.6 Å². The van der Waals surface area contributed by atoms with Crippen molar-refractivity contribution in [3.05, 3.63) is 0 Å². The van der Waals surface area contributed by atoms with E-state index in [1.54, 1.807) is 0 Å². The van der Waals surface area contributed by atoms with Crippen molar-refractivity contribution in [3.8, 4) is 0 Å². The quantitative estimate of drug-likeness (QED) is 0.317. The molecule has 0 aliphatic heterocycles. The molecule has 0 bridgehead atoms. The van der Waals surface area contributed by atoms with Gasteiger partial charge in [0.05, 0.1) is 13.9 Å². The molecule has 0 aromatic carbocycles. The van der Waals surface area contributed by atoms with Crippen molar-refractivity contribution in [1.82, 2.24) is 0 Å². The molecule has 2 N–H and O–H groups in total. The Morgan fingerprint density at radius 1 is 0.759 bits per heavy atom. The first-order valence-electron chi connectivity index (χ1n) is 5.53. The molecular weight excluding hydrogens is 486 g/mol. The first-order chi connectivity index (χ1) is 11.8. The molecule has 0 amide bonds. The molecule has 0 unspecified atom stereocenters. The lowest BCUT2D eigenvalue weighted by Crippen LogP contribution is -2.41. The molecule has 0 heterocycles. The average Bonchev–Trinajstić information content (AvgIpc) is 2.46. The SMILES string of the molecule is C.C.CCF.CF.FCC(F)(F)OC(F)(CF)CF.O=S(=O)(O)F.O=S(=O)(O)F. The second-order valence-electron chi connectivity index (χ2n) is 3.11. The van der Waals surface area contributed by atoms with Crippen LogP contribution in [0.2, 0.25) is 0 Å². The minimum Gasteiger partial charge on any atom is -0.275 e. The summed E-state index contributed by atoms with van der Waals surface area (Å²) in [7, 11) is -9.83. The summed E-state index contributed by atoms with van der Waals surface area (Å²) < 4.78 is 161. The van der Waals surface area contributed by atoms with E-state index in [1.807, 2.05) is 0 Å². The van der Waals surface area contributed by atoms with Crippen LogP contribution in [0.5, 0.6) is 0 Å². The van der Waals surface area contributed by atoms with Crippen LogP contribution in [0.1, 0.15) is 21.8 Å². The summed E-state index contributed by atoms with van der Waals surface area (Å²) in [6.07, 6.45) is -4.49. The van der Waals surface area contributed by atoms with Gasteiger partial charge in [0, 0.05) is 0 Å². The van der Waals surface area contributed by atoms with E-state index in [2.05, 4.69) is 4.74 Å². The Bertz CT molecular complexity index is 467. The fraction of sp³-hybridized carbons (Fsp3) is 1.00. The fourth-order valence-corrected chi connectivity index (χ4v) is 0.385. The van der Waals surface area contributed by atoms with E-state index < -0.39 is 53.0 Å². The largest absolute Gasteiger partial charge is 0.435 e. The van der Waals surface area contributed by atoms with Crippen molar-refractivity contribution in [1.29, 1.82) is 0 Å². The van der Waals surface area contributed by atoms with Crippen molar-refractivity contribution in [2.75, 3.05) is 33.9 Å². The van der Waals surface area contributed by atoms with E-state index >= 15 is 0 Å². The number of hydrogen-bond donors (Lipinski definition) is 2. The average molecular weight is 510 g/mol. The molecule has 29 heavy (non-hydrogen) atoms. The Morgan fingerprint density at radius 2 is 0.931 bits per heavy atom. The van der Waals surface area contributed by atoms with Crippen LogP contribution in [-0.2, 0) is 25.7 Å². The summed E-state index contributed by atoms with van der Waals surface area (Å²) in [5, 5.41) is 0. The predicted molar refractivity (Wildman–Crippen MR) is 85.3 cm³/mol. The minimum atomic E-state index is -5.17. The summed E-state index contributed by atoms with van der Waals surface area (Å²) in [5.41, 5.74) is 0. The van der Waals surface area contributed by atoms with Gasteiger partial charge in [0.15, 0.2) is 20.0 Å². The molecule has 0 aliphatic rings. The Morgan fingerprint density at radius 3 is 1.03 bits per heavy atom. The van der Waals surface area contributed by atoms with E-state index in [0.29, 0.717) is 7.18 Å². The highest BCUT2D eigenvalue weighted by atomic mass is 32.3. The molecule has 0 aromatic heterocycles. The van der Waals surface area contributed by atoms with Crippen molar-refractivity contribution in [2.24, 2.45) is 0 Å². The van der Waals surface area contributed by atoms with E-state index in [1.165, 1.54) is 6.92 Å². The highest BCUT2D eigenvalue weighted by Gasteiger charge is 2.44. The van der Waals surface area contributed by atoms with Gasteiger partial charge in [-0.1, -0.05) is 22.6 Å². The van der Waals surface area contributed by atoms with Crippen molar-refractivity contribution < 1.29 is 73.6 Å². The third-order valence-corrected chi connectivity index (χ3v) is 0.887. The van der Waals surface area contributed by atoms with Gasteiger partial charge >= 0.3 is 27.1 Å². The molecule has 0 radical (unpaired) electrons. The minimum absolute atomic E-state index is 0. The third kappa shape index (κ3) is 85.9. The Kier molecular flexibility index (Phi) is 37.3. The lowest BCUT2D eigenvalue weighted by Gasteiger charge is -2.23. The van der Waals surface area contributed by atoms with Gasteiger partial charge in [-0.2, -0.15) is 25.6 Å². The van der Waals surface area contributed by atoms with Crippen molar-refractivity contribution in [2.45, 2.75) is 33.7 Å². The Labute approximate surface area is 163 Å². The summed E-state index contributed by atoms with van der Waals surface area (Å²) in [6.45, 7) is -5.32. The van der Waals surface area contributed by atoms with Crippen LogP contribution in [0, 0.1) is 0 Å². The number of ether oxygens (including phenoxy) is 1. The van der Waals surface area contributed by atoms with Gasteiger partial charge < -0.3 is 0 Å². The van der Waals surface area contributed by atoms with Gasteiger partial charge in [-0.05, 0) is 6.92 Å². The maximum Gasteiger partial charge on any atom is 0.435 e. The number of alkyl halides is 8. The smallest absolute Gasteiger partial charge is 0.275 e. The summed E-state index contributed by atoms with van der Waals surface area (Å²) in [4.78, 5) is 0. The van der Waals surface area contributed by atoms with E-state index in [0.717, 1.165) is 0 Å². The van der Waals surface area contributed by atoms with Gasteiger partial charge in [0.2, 0.25) is 0 Å². The van der Waals surface area contributed by atoms with Crippen LogP contribution >= 0.6 is 0 Å². The molecule has 7 nitrogen and oxygen atoms in total. The van der Waals surface area contributed by atoms with Gasteiger partial charge in [-0.15, -0.1) is 0 Å².